The first-order chi connectivity index (χ1) is 13.2. The molecule has 0 saturated heterocycles. The molecule has 0 atom stereocenters. The van der Waals surface area contributed by atoms with Crippen molar-refractivity contribution in [3.63, 3.8) is 0 Å². The molecule has 0 radical (unpaired) electrons. The fraction of sp³-hybridized carbons (Fsp3) is 0.0417. The fourth-order valence-corrected chi connectivity index (χ4v) is 3.42. The van der Waals surface area contributed by atoms with E-state index in [1.807, 2.05) is 36.4 Å². The largest absolute Gasteiger partial charge is 0.507 e. The number of fused-ring (bicyclic) bond motifs is 2. The lowest BCUT2D eigenvalue weighted by molar-refractivity contribution is 0.0597. The van der Waals surface area contributed by atoms with Gasteiger partial charge in [0.2, 0.25) is 0 Å². The molecule has 4 aromatic carbocycles. The van der Waals surface area contributed by atoms with E-state index in [1.165, 1.54) is 13.2 Å². The molecular formula is C24H18O3. The lowest BCUT2D eigenvalue weighted by Crippen LogP contribution is -2.03. The van der Waals surface area contributed by atoms with Gasteiger partial charge in [0.05, 0.1) is 7.11 Å². The zero-order chi connectivity index (χ0) is 18.8. The third kappa shape index (κ3) is 3.04. The molecule has 0 aromatic heterocycles. The Balaban J connectivity index is 1.94. The van der Waals surface area contributed by atoms with Crippen molar-refractivity contribution in [1.82, 2.24) is 0 Å². The Bertz CT molecular complexity index is 1130. The van der Waals surface area contributed by atoms with Gasteiger partial charge in [0.15, 0.2) is 0 Å². The van der Waals surface area contributed by atoms with Gasteiger partial charge in [-0.25, -0.2) is 4.79 Å². The molecule has 0 aliphatic heterocycles. The van der Waals surface area contributed by atoms with Crippen LogP contribution in [-0.2, 0) is 4.74 Å². The normalized spacial score (nSPS) is 11.3. The number of phenols is 1. The van der Waals surface area contributed by atoms with E-state index < -0.39 is 5.97 Å². The number of ether oxygens (including phenoxy) is 1. The molecule has 1 N–H and O–H groups in total. The molecule has 0 amide bonds. The number of benzene rings is 4. The van der Waals surface area contributed by atoms with Crippen molar-refractivity contribution >= 4 is 39.7 Å². The van der Waals surface area contributed by atoms with Gasteiger partial charge in [-0.3, -0.25) is 0 Å². The maximum absolute atomic E-state index is 12.1. The molecular weight excluding hydrogens is 336 g/mol. The maximum Gasteiger partial charge on any atom is 0.342 e. The van der Waals surface area contributed by atoms with Crippen LogP contribution in [0.4, 0.5) is 0 Å². The quantitative estimate of drug-likeness (QED) is 0.293. The first-order valence-corrected chi connectivity index (χ1v) is 8.68. The standard InChI is InChI=1S/C24H18O3/c1-27-24(26)23-16(9-6-12-22(23)25)13-14-21-19-10-4-2-7-17(19)15-18-8-3-5-11-20(18)21/h2-15,25H,1H3. The molecule has 0 spiro atoms. The third-order valence-corrected chi connectivity index (χ3v) is 4.71. The second-order valence-electron chi connectivity index (χ2n) is 6.30. The van der Waals surface area contributed by atoms with Crippen LogP contribution in [0.25, 0.3) is 33.7 Å². The molecule has 3 nitrogen and oxygen atoms in total. The van der Waals surface area contributed by atoms with Gasteiger partial charge in [-0.15, -0.1) is 0 Å². The van der Waals surface area contributed by atoms with E-state index in [0.717, 1.165) is 27.1 Å². The molecule has 0 saturated carbocycles. The summed E-state index contributed by atoms with van der Waals surface area (Å²) in [7, 11) is 1.31. The molecule has 0 bridgehead atoms. The van der Waals surface area contributed by atoms with Crippen LogP contribution >= 0.6 is 0 Å². The molecule has 4 rings (SSSR count). The van der Waals surface area contributed by atoms with Crippen LogP contribution in [0.15, 0.2) is 72.8 Å². The predicted molar refractivity (Wildman–Crippen MR) is 110 cm³/mol. The van der Waals surface area contributed by atoms with E-state index in [9.17, 15) is 9.90 Å². The lowest BCUT2D eigenvalue weighted by atomic mass is 9.95. The Morgan fingerprint density at radius 1 is 0.852 bits per heavy atom. The highest BCUT2D eigenvalue weighted by atomic mass is 16.5. The second kappa shape index (κ2) is 6.96. The Labute approximate surface area is 157 Å². The summed E-state index contributed by atoms with van der Waals surface area (Å²) in [5.74, 6) is -0.651. The molecule has 4 aromatic rings. The molecule has 3 heteroatoms. The highest BCUT2D eigenvalue weighted by Crippen LogP contribution is 2.31. The van der Waals surface area contributed by atoms with Gasteiger partial charge < -0.3 is 9.84 Å². The summed E-state index contributed by atoms with van der Waals surface area (Å²) in [6.07, 6.45) is 3.84. The highest BCUT2D eigenvalue weighted by molar-refractivity contribution is 6.08. The Morgan fingerprint density at radius 2 is 1.48 bits per heavy atom. The first-order valence-electron chi connectivity index (χ1n) is 8.68. The molecule has 0 heterocycles. The average Bonchev–Trinajstić information content (AvgIpc) is 2.70. The summed E-state index contributed by atoms with van der Waals surface area (Å²) < 4.78 is 4.82. The van der Waals surface area contributed by atoms with Gasteiger partial charge in [0.1, 0.15) is 11.3 Å². The van der Waals surface area contributed by atoms with E-state index in [-0.39, 0.29) is 11.3 Å². The van der Waals surface area contributed by atoms with E-state index in [0.29, 0.717) is 5.56 Å². The first kappa shape index (κ1) is 16.9. The van der Waals surface area contributed by atoms with Crippen molar-refractivity contribution < 1.29 is 14.6 Å². The van der Waals surface area contributed by atoms with Gasteiger partial charge in [-0.05, 0) is 44.8 Å². The lowest BCUT2D eigenvalue weighted by Gasteiger charge is -2.09. The van der Waals surface area contributed by atoms with Crippen LogP contribution in [0.5, 0.6) is 5.75 Å². The Kier molecular flexibility index (Phi) is 4.35. The SMILES string of the molecule is COC(=O)c1c(O)cccc1C=Cc1c2ccccc2cc2ccccc12. The van der Waals surface area contributed by atoms with E-state index in [4.69, 9.17) is 4.74 Å². The smallest absolute Gasteiger partial charge is 0.342 e. The topological polar surface area (TPSA) is 46.5 Å². The summed E-state index contributed by atoms with van der Waals surface area (Å²) in [5.41, 5.74) is 1.85. The Morgan fingerprint density at radius 3 is 2.11 bits per heavy atom. The van der Waals surface area contributed by atoms with Crippen LogP contribution in [0, 0.1) is 0 Å². The van der Waals surface area contributed by atoms with Crippen molar-refractivity contribution in [3.8, 4) is 5.75 Å². The number of hydrogen-bond acceptors (Lipinski definition) is 3. The minimum Gasteiger partial charge on any atom is -0.507 e. The van der Waals surface area contributed by atoms with Crippen molar-refractivity contribution in [2.45, 2.75) is 0 Å². The summed E-state index contributed by atoms with van der Waals surface area (Å²) in [4.78, 5) is 12.1. The third-order valence-electron chi connectivity index (χ3n) is 4.71. The maximum atomic E-state index is 12.1. The molecule has 27 heavy (non-hydrogen) atoms. The van der Waals surface area contributed by atoms with Crippen molar-refractivity contribution in [2.24, 2.45) is 0 Å². The Hall–Kier alpha value is -3.59. The number of phenolic OH excluding ortho intramolecular Hbond substituents is 1. The number of methoxy groups -OCH3 is 1. The minimum absolute atomic E-state index is 0.0909. The molecule has 0 unspecified atom stereocenters. The summed E-state index contributed by atoms with van der Waals surface area (Å²) in [6.45, 7) is 0. The highest BCUT2D eigenvalue weighted by Gasteiger charge is 2.15. The van der Waals surface area contributed by atoms with Gasteiger partial charge >= 0.3 is 5.97 Å². The second-order valence-corrected chi connectivity index (χ2v) is 6.30. The van der Waals surface area contributed by atoms with Gasteiger partial charge in [-0.1, -0.05) is 72.8 Å². The molecule has 0 fully saturated rings. The van der Waals surface area contributed by atoms with Crippen LogP contribution in [-0.4, -0.2) is 18.2 Å². The van der Waals surface area contributed by atoms with E-state index >= 15 is 0 Å². The zero-order valence-electron chi connectivity index (χ0n) is 14.8. The van der Waals surface area contributed by atoms with E-state index in [1.54, 1.807) is 12.1 Å². The summed E-state index contributed by atoms with van der Waals surface area (Å²) in [6, 6.07) is 23.6. The molecule has 0 aliphatic carbocycles. The van der Waals surface area contributed by atoms with Crippen molar-refractivity contribution in [3.05, 3.63) is 89.5 Å². The van der Waals surface area contributed by atoms with Crippen LogP contribution in [0.1, 0.15) is 21.5 Å². The summed E-state index contributed by atoms with van der Waals surface area (Å²) in [5, 5.41) is 14.7. The monoisotopic (exact) mass is 354 g/mol. The van der Waals surface area contributed by atoms with Gasteiger partial charge in [0.25, 0.3) is 0 Å². The van der Waals surface area contributed by atoms with Crippen LogP contribution in [0.3, 0.4) is 0 Å². The number of carbonyl (C=O) groups is 1. The number of carbonyl (C=O) groups excluding carboxylic acids is 1. The van der Waals surface area contributed by atoms with Crippen LogP contribution < -0.4 is 0 Å². The molecule has 0 aliphatic rings. The average molecular weight is 354 g/mol. The predicted octanol–water partition coefficient (Wildman–Crippen LogP) is 5.66. The van der Waals surface area contributed by atoms with Crippen molar-refractivity contribution in [2.75, 3.05) is 7.11 Å². The fourth-order valence-electron chi connectivity index (χ4n) is 3.42. The molecule has 132 valence electrons. The number of hydrogen-bond donors (Lipinski definition) is 1. The number of esters is 1. The minimum atomic E-state index is -0.560. The van der Waals surface area contributed by atoms with Crippen molar-refractivity contribution in [1.29, 1.82) is 0 Å². The van der Waals surface area contributed by atoms with Gasteiger partial charge in [0, 0.05) is 0 Å². The number of aromatic hydroxyl groups is 1. The van der Waals surface area contributed by atoms with Gasteiger partial charge in [-0.2, -0.15) is 0 Å². The summed E-state index contributed by atoms with van der Waals surface area (Å²) >= 11 is 0. The van der Waals surface area contributed by atoms with Crippen LogP contribution in [0.2, 0.25) is 0 Å². The zero-order valence-corrected chi connectivity index (χ0v) is 14.8. The van der Waals surface area contributed by atoms with E-state index in [2.05, 4.69) is 30.3 Å². The number of rotatable bonds is 3.